The number of halogens is 1. The summed E-state index contributed by atoms with van der Waals surface area (Å²) in [7, 11) is 0. The maximum Gasteiger partial charge on any atom is 0.255 e. The van der Waals surface area contributed by atoms with Gasteiger partial charge < -0.3 is 11.1 Å². The summed E-state index contributed by atoms with van der Waals surface area (Å²) in [5, 5.41) is 2.80. The summed E-state index contributed by atoms with van der Waals surface area (Å²) in [4.78, 5) is 14.4. The highest BCUT2D eigenvalue weighted by Crippen LogP contribution is 2.18. The first-order valence-corrected chi connectivity index (χ1v) is 9.21. The van der Waals surface area contributed by atoms with Gasteiger partial charge in [-0.2, -0.15) is 0 Å². The van der Waals surface area contributed by atoms with Gasteiger partial charge in [-0.1, -0.05) is 48.4 Å². The summed E-state index contributed by atoms with van der Waals surface area (Å²) < 4.78 is 13.9. The molecule has 146 valence electrons. The molecule has 0 fully saturated rings. The van der Waals surface area contributed by atoms with E-state index in [9.17, 15) is 9.18 Å². The molecule has 5 heteroatoms. The predicted molar refractivity (Wildman–Crippen MR) is 115 cm³/mol. The Labute approximate surface area is 170 Å². The summed E-state index contributed by atoms with van der Waals surface area (Å²) in [6.45, 7) is 1.35. The number of carbonyl (C=O) groups excluding carboxylic acids is 1. The minimum atomic E-state index is -0.248. The number of terminal acetylenes is 1. The second-order valence-electron chi connectivity index (χ2n) is 6.68. The number of carbonyl (C=O) groups is 1. The van der Waals surface area contributed by atoms with Gasteiger partial charge in [0.15, 0.2) is 0 Å². The van der Waals surface area contributed by atoms with E-state index in [0.717, 1.165) is 5.56 Å². The fourth-order valence-corrected chi connectivity index (χ4v) is 2.99. The molecule has 0 heterocycles. The van der Waals surface area contributed by atoms with Crippen LogP contribution in [0.25, 0.3) is 0 Å². The summed E-state index contributed by atoms with van der Waals surface area (Å²) in [6.07, 6.45) is 5.48. The van der Waals surface area contributed by atoms with Crippen LogP contribution in [0.2, 0.25) is 0 Å². The number of nitrogen functional groups attached to an aromatic ring is 1. The van der Waals surface area contributed by atoms with Gasteiger partial charge in [0.1, 0.15) is 5.82 Å². The Bertz CT molecular complexity index is 1020. The number of rotatable bonds is 7. The van der Waals surface area contributed by atoms with E-state index >= 15 is 0 Å². The van der Waals surface area contributed by atoms with Gasteiger partial charge in [0.05, 0.1) is 17.9 Å². The first kappa shape index (κ1) is 20.1. The van der Waals surface area contributed by atoms with Gasteiger partial charge in [-0.3, -0.25) is 9.69 Å². The van der Waals surface area contributed by atoms with Crippen molar-refractivity contribution in [1.29, 1.82) is 0 Å². The molecule has 0 aliphatic heterocycles. The number of hydrogen-bond acceptors (Lipinski definition) is 3. The van der Waals surface area contributed by atoms with Crippen LogP contribution in [0.3, 0.4) is 0 Å². The zero-order valence-corrected chi connectivity index (χ0v) is 15.9. The number of amides is 1. The quantitative estimate of drug-likeness (QED) is 0.470. The summed E-state index contributed by atoms with van der Waals surface area (Å²) in [6, 6.07) is 21.0. The Morgan fingerprint density at radius 3 is 2.38 bits per heavy atom. The lowest BCUT2D eigenvalue weighted by molar-refractivity contribution is 0.102. The van der Waals surface area contributed by atoms with E-state index in [1.165, 1.54) is 6.07 Å². The molecule has 0 aliphatic rings. The Balaban J connectivity index is 1.66. The fourth-order valence-electron chi connectivity index (χ4n) is 2.99. The molecule has 0 unspecified atom stereocenters. The molecule has 1 amide bonds. The average Bonchev–Trinajstić information content (AvgIpc) is 2.72. The first-order chi connectivity index (χ1) is 14.1. The van der Waals surface area contributed by atoms with Gasteiger partial charge in [0.2, 0.25) is 0 Å². The van der Waals surface area contributed by atoms with E-state index in [0.29, 0.717) is 42.1 Å². The van der Waals surface area contributed by atoms with Gasteiger partial charge in [-0.25, -0.2) is 4.39 Å². The number of hydrogen-bond donors (Lipinski definition) is 2. The van der Waals surface area contributed by atoms with E-state index in [4.69, 9.17) is 12.2 Å². The zero-order valence-electron chi connectivity index (χ0n) is 15.9. The second-order valence-corrected chi connectivity index (χ2v) is 6.68. The van der Waals surface area contributed by atoms with Crippen molar-refractivity contribution in [2.75, 3.05) is 17.6 Å². The zero-order chi connectivity index (χ0) is 20.6. The normalized spacial score (nSPS) is 10.5. The molecule has 0 bridgehead atoms. The number of benzene rings is 3. The topological polar surface area (TPSA) is 58.4 Å². The van der Waals surface area contributed by atoms with Crippen molar-refractivity contribution in [1.82, 2.24) is 4.90 Å². The molecule has 0 saturated carbocycles. The van der Waals surface area contributed by atoms with Crippen LogP contribution >= 0.6 is 0 Å². The predicted octanol–water partition coefficient (Wildman–Crippen LogP) is 4.30. The molecule has 0 aliphatic carbocycles. The van der Waals surface area contributed by atoms with Gasteiger partial charge in [-0.15, -0.1) is 6.42 Å². The molecule has 0 saturated heterocycles. The van der Waals surface area contributed by atoms with Crippen molar-refractivity contribution in [2.45, 2.75) is 13.1 Å². The van der Waals surface area contributed by atoms with E-state index in [1.807, 2.05) is 29.2 Å². The highest BCUT2D eigenvalue weighted by molar-refractivity contribution is 6.05. The molecule has 3 aromatic carbocycles. The maximum atomic E-state index is 13.9. The van der Waals surface area contributed by atoms with Crippen LogP contribution in [0.1, 0.15) is 21.5 Å². The second kappa shape index (κ2) is 9.54. The number of nitrogens with one attached hydrogen (secondary N) is 1. The molecule has 3 aromatic rings. The lowest BCUT2D eigenvalue weighted by Gasteiger charge is -2.20. The first-order valence-electron chi connectivity index (χ1n) is 9.21. The maximum absolute atomic E-state index is 13.9. The molecule has 0 spiro atoms. The third-order valence-corrected chi connectivity index (χ3v) is 4.50. The Morgan fingerprint density at radius 2 is 1.69 bits per heavy atom. The summed E-state index contributed by atoms with van der Waals surface area (Å²) in [5.41, 5.74) is 9.05. The lowest BCUT2D eigenvalue weighted by atomic mass is 10.1. The van der Waals surface area contributed by atoms with Crippen LogP contribution in [-0.2, 0) is 13.1 Å². The van der Waals surface area contributed by atoms with E-state index in [2.05, 4.69) is 11.2 Å². The van der Waals surface area contributed by atoms with Crippen LogP contribution in [0.15, 0.2) is 72.8 Å². The van der Waals surface area contributed by atoms with Crippen molar-refractivity contribution in [3.8, 4) is 12.3 Å². The van der Waals surface area contributed by atoms with Gasteiger partial charge >= 0.3 is 0 Å². The minimum Gasteiger partial charge on any atom is -0.397 e. The Morgan fingerprint density at radius 1 is 1.00 bits per heavy atom. The molecule has 0 atom stereocenters. The highest BCUT2D eigenvalue weighted by Gasteiger charge is 2.11. The molecule has 3 rings (SSSR count). The lowest BCUT2D eigenvalue weighted by Crippen LogP contribution is -2.23. The SMILES string of the molecule is C#CCN(Cc1ccc(C(=O)Nc2ccccc2N)cc1)Cc1ccccc1F. The molecule has 0 radical (unpaired) electrons. The standard InChI is InChI=1S/C24H22FN3O/c1-2-15-28(17-20-7-3-4-8-21(20)25)16-18-11-13-19(14-12-18)24(29)27-23-10-6-5-9-22(23)26/h1,3-14H,15-17,26H2,(H,27,29). The summed E-state index contributed by atoms with van der Waals surface area (Å²) >= 11 is 0. The molecular formula is C24H22FN3O. The molecular weight excluding hydrogens is 365 g/mol. The van der Waals surface area contributed by atoms with Gasteiger partial charge in [0, 0.05) is 24.2 Å². The van der Waals surface area contributed by atoms with Crippen molar-refractivity contribution in [2.24, 2.45) is 0 Å². The third-order valence-electron chi connectivity index (χ3n) is 4.50. The van der Waals surface area contributed by atoms with Crippen molar-refractivity contribution >= 4 is 17.3 Å². The molecule has 4 nitrogen and oxygen atoms in total. The van der Waals surface area contributed by atoms with Crippen molar-refractivity contribution in [3.63, 3.8) is 0 Å². The summed E-state index contributed by atoms with van der Waals surface area (Å²) in [5.74, 6) is 2.13. The van der Waals surface area contributed by atoms with E-state index in [-0.39, 0.29) is 11.7 Å². The number of anilines is 2. The highest BCUT2D eigenvalue weighted by atomic mass is 19.1. The van der Waals surface area contributed by atoms with Gasteiger partial charge in [0.25, 0.3) is 5.91 Å². The Kier molecular flexibility index (Phi) is 6.62. The van der Waals surface area contributed by atoms with Crippen LogP contribution in [0.4, 0.5) is 15.8 Å². The number of nitrogens with two attached hydrogens (primary N) is 1. The van der Waals surface area contributed by atoms with Crippen LogP contribution < -0.4 is 11.1 Å². The molecule has 0 aromatic heterocycles. The third kappa shape index (κ3) is 5.44. The van der Waals surface area contributed by atoms with Gasteiger partial charge in [-0.05, 0) is 35.9 Å². The molecule has 29 heavy (non-hydrogen) atoms. The molecule has 3 N–H and O–H groups in total. The minimum absolute atomic E-state index is 0.235. The van der Waals surface area contributed by atoms with Crippen LogP contribution in [0.5, 0.6) is 0 Å². The number of nitrogens with zero attached hydrogens (tertiary/aromatic N) is 1. The smallest absolute Gasteiger partial charge is 0.255 e. The van der Waals surface area contributed by atoms with Crippen LogP contribution in [0, 0.1) is 18.2 Å². The largest absolute Gasteiger partial charge is 0.397 e. The van der Waals surface area contributed by atoms with Crippen molar-refractivity contribution < 1.29 is 9.18 Å². The van der Waals surface area contributed by atoms with E-state index < -0.39 is 0 Å². The van der Waals surface area contributed by atoms with Crippen LogP contribution in [-0.4, -0.2) is 17.4 Å². The average molecular weight is 387 g/mol. The number of para-hydroxylation sites is 2. The Hall–Kier alpha value is -3.62. The monoisotopic (exact) mass is 387 g/mol. The van der Waals surface area contributed by atoms with Crippen molar-refractivity contribution in [3.05, 3.63) is 95.3 Å². The fraction of sp³-hybridized carbons (Fsp3) is 0.125. The van der Waals surface area contributed by atoms with E-state index in [1.54, 1.807) is 42.5 Å².